The number of anilines is 1. The highest BCUT2D eigenvalue weighted by molar-refractivity contribution is 6.04. The summed E-state index contributed by atoms with van der Waals surface area (Å²) in [6.45, 7) is 2.18. The Labute approximate surface area is 179 Å². The van der Waals surface area contributed by atoms with Gasteiger partial charge in [-0.1, -0.05) is 18.2 Å². The minimum absolute atomic E-state index is 0.155. The number of fused-ring (bicyclic) bond motifs is 1. The molecule has 5 N–H and O–H groups in total. The second-order valence-corrected chi connectivity index (χ2v) is 7.74. The molecule has 0 radical (unpaired) electrons. The van der Waals surface area contributed by atoms with Crippen LogP contribution < -0.4 is 16.4 Å². The van der Waals surface area contributed by atoms with Crippen LogP contribution in [0.25, 0.3) is 10.9 Å². The van der Waals surface area contributed by atoms with Gasteiger partial charge in [0.25, 0.3) is 5.91 Å². The second kappa shape index (κ2) is 8.61. The number of nitrogens with two attached hydrogens (primary N) is 1. The van der Waals surface area contributed by atoms with E-state index in [1.807, 2.05) is 18.3 Å². The van der Waals surface area contributed by atoms with Crippen LogP contribution in [-0.4, -0.2) is 40.3 Å². The highest BCUT2D eigenvalue weighted by Gasteiger charge is 2.37. The maximum Gasteiger partial charge on any atom is 0.325 e. The summed E-state index contributed by atoms with van der Waals surface area (Å²) in [5.41, 5.74) is 10.3. The predicted molar refractivity (Wildman–Crippen MR) is 118 cm³/mol. The van der Waals surface area contributed by atoms with Gasteiger partial charge in [0, 0.05) is 36.1 Å². The van der Waals surface area contributed by atoms with E-state index >= 15 is 0 Å². The van der Waals surface area contributed by atoms with Crippen molar-refractivity contribution in [2.75, 3.05) is 11.9 Å². The number of H-pyrrole nitrogens is 1. The number of carbonyl (C=O) groups is 3. The Morgan fingerprint density at radius 2 is 1.87 bits per heavy atom. The molecule has 1 aromatic heterocycles. The van der Waals surface area contributed by atoms with Crippen LogP contribution in [0.4, 0.5) is 10.5 Å². The quantitative estimate of drug-likeness (QED) is 0.439. The maximum atomic E-state index is 12.9. The molecule has 1 unspecified atom stereocenters. The molecule has 1 atom stereocenters. The van der Waals surface area contributed by atoms with Gasteiger partial charge >= 0.3 is 6.03 Å². The van der Waals surface area contributed by atoms with Crippen molar-refractivity contribution in [3.63, 3.8) is 0 Å². The number of nitrogens with one attached hydrogen (secondary N) is 3. The number of aromatic amines is 1. The lowest BCUT2D eigenvalue weighted by atomic mass is 10.0. The van der Waals surface area contributed by atoms with Crippen molar-refractivity contribution in [3.05, 3.63) is 65.4 Å². The van der Waals surface area contributed by atoms with E-state index in [4.69, 9.17) is 5.73 Å². The zero-order chi connectivity index (χ0) is 22.0. The molecule has 4 rings (SSSR count). The highest BCUT2D eigenvalue weighted by atomic mass is 16.2. The van der Waals surface area contributed by atoms with E-state index in [1.165, 1.54) is 11.8 Å². The van der Waals surface area contributed by atoms with Crippen LogP contribution in [-0.2, 0) is 29.0 Å². The monoisotopic (exact) mass is 419 g/mol. The Morgan fingerprint density at radius 3 is 2.58 bits per heavy atom. The first kappa shape index (κ1) is 20.6. The molecule has 8 heteroatoms. The lowest BCUT2D eigenvalue weighted by molar-refractivity contribution is -0.127. The largest absolute Gasteiger partial charge is 0.361 e. The molecule has 3 aromatic rings. The number of urea groups is 1. The zero-order valence-corrected chi connectivity index (χ0v) is 17.3. The Kier molecular flexibility index (Phi) is 5.73. The molecule has 2 heterocycles. The second-order valence-electron chi connectivity index (χ2n) is 7.74. The summed E-state index contributed by atoms with van der Waals surface area (Å²) in [4.78, 5) is 40.9. The predicted octanol–water partition coefficient (Wildman–Crippen LogP) is 2.29. The van der Waals surface area contributed by atoms with Crippen LogP contribution in [0.3, 0.4) is 0 Å². The van der Waals surface area contributed by atoms with Gasteiger partial charge in [0.2, 0.25) is 5.91 Å². The minimum Gasteiger partial charge on any atom is -0.361 e. The summed E-state index contributed by atoms with van der Waals surface area (Å²) in [7, 11) is 0. The number of benzene rings is 2. The third-order valence-corrected chi connectivity index (χ3v) is 5.41. The first-order valence-electron chi connectivity index (χ1n) is 10.2. The fourth-order valence-corrected chi connectivity index (χ4v) is 3.89. The van der Waals surface area contributed by atoms with Gasteiger partial charge in [0.15, 0.2) is 0 Å². The summed E-state index contributed by atoms with van der Waals surface area (Å²) in [6.07, 6.45) is 3.16. The van der Waals surface area contributed by atoms with Gasteiger partial charge in [-0.15, -0.1) is 0 Å². The fourth-order valence-electron chi connectivity index (χ4n) is 3.89. The lowest BCUT2D eigenvalue weighted by Gasteiger charge is -2.14. The molecule has 1 saturated heterocycles. The van der Waals surface area contributed by atoms with E-state index in [2.05, 4.69) is 21.7 Å². The number of nitrogens with zero attached hydrogens (tertiary/aromatic N) is 1. The van der Waals surface area contributed by atoms with Crippen LogP contribution in [0.2, 0.25) is 0 Å². The van der Waals surface area contributed by atoms with Crippen molar-refractivity contribution >= 4 is 34.4 Å². The fraction of sp³-hybridized carbons (Fsp3) is 0.261. The van der Waals surface area contributed by atoms with Crippen molar-refractivity contribution in [2.24, 2.45) is 5.73 Å². The molecular weight excluding hydrogens is 394 g/mol. The molecule has 8 nitrogen and oxygen atoms in total. The summed E-state index contributed by atoms with van der Waals surface area (Å²) < 4.78 is 0. The molecule has 2 aromatic carbocycles. The first-order chi connectivity index (χ1) is 14.9. The van der Waals surface area contributed by atoms with Gasteiger partial charge in [0.05, 0.1) is 6.54 Å². The van der Waals surface area contributed by atoms with Crippen LogP contribution in [0.15, 0.2) is 48.7 Å². The standard InChI is InChI=1S/C23H25N5O3/c1-14(29)26-18-5-2-15(3-6-18)13-28-22(30)21(27-23(28)31)11-16-4-7-20-19(10-16)17(8-9-24)12-25-20/h2-7,10,12,21,25H,8-9,11,13,24H2,1H3,(H,26,29)(H,27,31). The van der Waals surface area contributed by atoms with Crippen molar-refractivity contribution in [3.8, 4) is 0 Å². The van der Waals surface area contributed by atoms with E-state index in [-0.39, 0.29) is 18.4 Å². The molecule has 1 aliphatic heterocycles. The third kappa shape index (κ3) is 4.44. The Morgan fingerprint density at radius 1 is 1.13 bits per heavy atom. The van der Waals surface area contributed by atoms with Crippen molar-refractivity contribution in [1.29, 1.82) is 0 Å². The van der Waals surface area contributed by atoms with Gasteiger partial charge in [-0.3, -0.25) is 14.5 Å². The average molecular weight is 419 g/mol. The molecule has 0 bridgehead atoms. The number of rotatable bonds is 7. The number of aromatic nitrogens is 1. The van der Waals surface area contributed by atoms with E-state index in [1.54, 1.807) is 24.3 Å². The smallest absolute Gasteiger partial charge is 0.325 e. The number of carbonyl (C=O) groups excluding carboxylic acids is 3. The Balaban J connectivity index is 1.45. The van der Waals surface area contributed by atoms with Gasteiger partial charge < -0.3 is 21.4 Å². The molecule has 0 aliphatic carbocycles. The molecule has 0 spiro atoms. The van der Waals surface area contributed by atoms with E-state index in [0.717, 1.165) is 34.0 Å². The van der Waals surface area contributed by atoms with Crippen LogP contribution >= 0.6 is 0 Å². The maximum absolute atomic E-state index is 12.9. The third-order valence-electron chi connectivity index (χ3n) is 5.41. The summed E-state index contributed by atoms with van der Waals surface area (Å²) in [6, 6.07) is 12.1. The Hall–Kier alpha value is -3.65. The van der Waals surface area contributed by atoms with Gasteiger partial charge in [-0.25, -0.2) is 4.79 Å². The number of imide groups is 1. The van der Waals surface area contributed by atoms with E-state index in [0.29, 0.717) is 18.7 Å². The molecule has 4 amide bonds. The summed E-state index contributed by atoms with van der Waals surface area (Å²) in [5, 5.41) is 6.58. The summed E-state index contributed by atoms with van der Waals surface area (Å²) in [5.74, 6) is -0.398. The average Bonchev–Trinajstić information content (AvgIpc) is 3.25. The lowest BCUT2D eigenvalue weighted by Crippen LogP contribution is -2.32. The molecule has 31 heavy (non-hydrogen) atoms. The number of amides is 4. The molecule has 1 aliphatic rings. The van der Waals surface area contributed by atoms with Gasteiger partial charge in [-0.05, 0) is 53.9 Å². The minimum atomic E-state index is -0.597. The number of hydrogen-bond donors (Lipinski definition) is 4. The summed E-state index contributed by atoms with van der Waals surface area (Å²) >= 11 is 0. The van der Waals surface area contributed by atoms with Crippen molar-refractivity contribution in [2.45, 2.75) is 32.4 Å². The van der Waals surface area contributed by atoms with Crippen LogP contribution in [0.5, 0.6) is 0 Å². The van der Waals surface area contributed by atoms with Crippen molar-refractivity contribution in [1.82, 2.24) is 15.2 Å². The molecular formula is C23H25N5O3. The van der Waals surface area contributed by atoms with Crippen LogP contribution in [0, 0.1) is 0 Å². The topological polar surface area (TPSA) is 120 Å². The SMILES string of the molecule is CC(=O)Nc1ccc(CN2C(=O)NC(Cc3ccc4[nH]cc(CCN)c4c3)C2=O)cc1. The van der Waals surface area contributed by atoms with E-state index < -0.39 is 12.1 Å². The zero-order valence-electron chi connectivity index (χ0n) is 17.3. The first-order valence-corrected chi connectivity index (χ1v) is 10.2. The highest BCUT2D eigenvalue weighted by Crippen LogP contribution is 2.23. The van der Waals surface area contributed by atoms with E-state index in [9.17, 15) is 14.4 Å². The molecule has 1 fully saturated rings. The van der Waals surface area contributed by atoms with Gasteiger partial charge in [0.1, 0.15) is 6.04 Å². The number of hydrogen-bond acceptors (Lipinski definition) is 4. The van der Waals surface area contributed by atoms with Crippen LogP contribution in [0.1, 0.15) is 23.6 Å². The van der Waals surface area contributed by atoms with Crippen molar-refractivity contribution < 1.29 is 14.4 Å². The molecule has 160 valence electrons. The van der Waals surface area contributed by atoms with Gasteiger partial charge in [-0.2, -0.15) is 0 Å². The Bertz CT molecular complexity index is 1140. The normalized spacial score (nSPS) is 16.1. The molecule has 0 saturated carbocycles.